The van der Waals surface area contributed by atoms with Gasteiger partial charge >= 0.3 is 0 Å². The second kappa shape index (κ2) is 9.96. The van der Waals surface area contributed by atoms with Crippen LogP contribution in [0, 0.1) is 6.92 Å². The molecule has 1 aromatic carbocycles. The lowest BCUT2D eigenvalue weighted by Gasteiger charge is -2.10. The summed E-state index contributed by atoms with van der Waals surface area (Å²) >= 11 is 0. The molecule has 1 amide bonds. The van der Waals surface area contributed by atoms with Crippen molar-refractivity contribution in [2.24, 2.45) is 0 Å². The number of rotatable bonds is 9. The SMILES string of the molecule is CC(=O)Nc1ccc(S(=O)(=O)NCCNc2cc(Nc3cc(C)ccn3)ncn2)cc1. The van der Waals surface area contributed by atoms with Crippen molar-refractivity contribution in [3.8, 4) is 0 Å². The molecule has 162 valence electrons. The normalized spacial score (nSPS) is 11.0. The van der Waals surface area contributed by atoms with Crippen LogP contribution in [0.4, 0.5) is 23.1 Å². The van der Waals surface area contributed by atoms with E-state index < -0.39 is 10.0 Å². The standard InChI is InChI=1S/C20H23N7O3S/c1-14-7-8-21-19(11-14)27-20-12-18(23-13-24-20)22-9-10-25-31(29,30)17-5-3-16(4-6-17)26-15(2)28/h3-8,11-13,25H,9-10H2,1-2H3,(H,26,28)(H2,21,22,23,24,27). The van der Waals surface area contributed by atoms with Gasteiger partial charge in [0.15, 0.2) is 0 Å². The summed E-state index contributed by atoms with van der Waals surface area (Å²) in [5, 5.41) is 8.74. The Morgan fingerprint density at radius 1 is 0.935 bits per heavy atom. The van der Waals surface area contributed by atoms with E-state index in [-0.39, 0.29) is 17.3 Å². The van der Waals surface area contributed by atoms with E-state index in [1.807, 2.05) is 19.1 Å². The molecule has 0 atom stereocenters. The molecule has 3 rings (SSSR count). The zero-order valence-corrected chi connectivity index (χ0v) is 17.9. The number of sulfonamides is 1. The molecule has 0 aliphatic rings. The van der Waals surface area contributed by atoms with Crippen LogP contribution in [0.1, 0.15) is 12.5 Å². The molecular formula is C20H23N7O3S. The Morgan fingerprint density at radius 2 is 1.65 bits per heavy atom. The number of anilines is 4. The third kappa shape index (κ3) is 6.73. The van der Waals surface area contributed by atoms with Crippen molar-refractivity contribution in [3.05, 3.63) is 60.6 Å². The van der Waals surface area contributed by atoms with Crippen molar-refractivity contribution in [2.45, 2.75) is 18.7 Å². The summed E-state index contributed by atoms with van der Waals surface area (Å²) in [6.45, 7) is 3.83. The molecule has 0 fully saturated rings. The van der Waals surface area contributed by atoms with Crippen molar-refractivity contribution >= 4 is 39.1 Å². The Bertz CT molecular complexity index is 1150. The Hall–Kier alpha value is -3.57. The number of benzene rings is 1. The van der Waals surface area contributed by atoms with Gasteiger partial charge in [-0.25, -0.2) is 28.1 Å². The smallest absolute Gasteiger partial charge is 0.240 e. The van der Waals surface area contributed by atoms with E-state index in [9.17, 15) is 13.2 Å². The molecule has 0 saturated heterocycles. The van der Waals surface area contributed by atoms with Gasteiger partial charge in [-0.05, 0) is 48.9 Å². The lowest BCUT2D eigenvalue weighted by molar-refractivity contribution is -0.114. The van der Waals surface area contributed by atoms with Crippen molar-refractivity contribution in [2.75, 3.05) is 29.0 Å². The molecule has 3 aromatic rings. The molecule has 11 heteroatoms. The average molecular weight is 442 g/mol. The molecule has 0 aliphatic heterocycles. The summed E-state index contributed by atoms with van der Waals surface area (Å²) in [4.78, 5) is 23.7. The summed E-state index contributed by atoms with van der Waals surface area (Å²) in [6, 6.07) is 11.4. The van der Waals surface area contributed by atoms with Crippen LogP contribution in [0.15, 0.2) is 59.9 Å². The van der Waals surface area contributed by atoms with E-state index >= 15 is 0 Å². The van der Waals surface area contributed by atoms with Crippen LogP contribution in [-0.2, 0) is 14.8 Å². The van der Waals surface area contributed by atoms with Crippen LogP contribution in [-0.4, -0.2) is 42.4 Å². The fourth-order valence-electron chi connectivity index (χ4n) is 2.64. The molecule has 0 aliphatic carbocycles. The number of pyridine rings is 1. The van der Waals surface area contributed by atoms with Gasteiger partial charge in [0.05, 0.1) is 4.90 Å². The highest BCUT2D eigenvalue weighted by Gasteiger charge is 2.13. The first-order valence-electron chi connectivity index (χ1n) is 9.45. The zero-order valence-electron chi connectivity index (χ0n) is 17.1. The highest BCUT2D eigenvalue weighted by atomic mass is 32.2. The molecule has 2 heterocycles. The van der Waals surface area contributed by atoms with Crippen molar-refractivity contribution in [3.63, 3.8) is 0 Å². The maximum absolute atomic E-state index is 12.4. The van der Waals surface area contributed by atoms with Crippen molar-refractivity contribution in [1.29, 1.82) is 0 Å². The molecule has 4 N–H and O–H groups in total. The maximum Gasteiger partial charge on any atom is 0.240 e. The first-order valence-corrected chi connectivity index (χ1v) is 10.9. The van der Waals surface area contributed by atoms with E-state index in [1.165, 1.54) is 37.5 Å². The van der Waals surface area contributed by atoms with Gasteiger partial charge in [-0.15, -0.1) is 0 Å². The summed E-state index contributed by atoms with van der Waals surface area (Å²) in [7, 11) is -3.67. The summed E-state index contributed by atoms with van der Waals surface area (Å²) < 4.78 is 27.3. The minimum absolute atomic E-state index is 0.112. The summed E-state index contributed by atoms with van der Waals surface area (Å²) in [5.41, 5.74) is 1.60. The first kappa shape index (κ1) is 22.1. The molecule has 0 bridgehead atoms. The van der Waals surface area contributed by atoms with Gasteiger partial charge in [0.2, 0.25) is 15.9 Å². The Kier molecular flexibility index (Phi) is 7.11. The predicted molar refractivity (Wildman–Crippen MR) is 119 cm³/mol. The van der Waals surface area contributed by atoms with E-state index in [2.05, 4.69) is 35.6 Å². The first-order chi connectivity index (χ1) is 14.8. The molecule has 0 saturated carbocycles. The number of aryl methyl sites for hydroxylation is 1. The minimum Gasteiger partial charge on any atom is -0.369 e. The third-order valence-corrected chi connectivity index (χ3v) is 5.52. The van der Waals surface area contributed by atoms with Crippen LogP contribution < -0.4 is 20.7 Å². The van der Waals surface area contributed by atoms with Crippen molar-refractivity contribution in [1.82, 2.24) is 19.7 Å². The van der Waals surface area contributed by atoms with Crippen molar-refractivity contribution < 1.29 is 13.2 Å². The van der Waals surface area contributed by atoms with E-state index in [0.717, 1.165) is 5.56 Å². The number of nitrogens with one attached hydrogen (secondary N) is 4. The van der Waals surface area contributed by atoms with Crippen LogP contribution in [0.25, 0.3) is 0 Å². The Morgan fingerprint density at radius 3 is 2.35 bits per heavy atom. The highest BCUT2D eigenvalue weighted by molar-refractivity contribution is 7.89. The van der Waals surface area contributed by atoms with Gasteiger partial charge < -0.3 is 16.0 Å². The van der Waals surface area contributed by atoms with Crippen LogP contribution in [0.5, 0.6) is 0 Å². The van der Waals surface area contributed by atoms with Crippen LogP contribution >= 0.6 is 0 Å². The second-order valence-electron chi connectivity index (χ2n) is 6.66. The topological polar surface area (TPSA) is 138 Å². The molecule has 0 unspecified atom stereocenters. The number of amides is 1. The average Bonchev–Trinajstić information content (AvgIpc) is 2.72. The highest BCUT2D eigenvalue weighted by Crippen LogP contribution is 2.15. The lowest BCUT2D eigenvalue weighted by Crippen LogP contribution is -2.29. The number of aromatic nitrogens is 3. The number of carbonyl (C=O) groups is 1. The van der Waals surface area contributed by atoms with E-state index in [0.29, 0.717) is 29.7 Å². The number of hydrogen-bond donors (Lipinski definition) is 4. The fourth-order valence-corrected chi connectivity index (χ4v) is 3.67. The number of nitrogens with zero attached hydrogens (tertiary/aromatic N) is 3. The fraction of sp³-hybridized carbons (Fsp3) is 0.200. The van der Waals surface area contributed by atoms with E-state index in [1.54, 1.807) is 12.3 Å². The van der Waals surface area contributed by atoms with E-state index in [4.69, 9.17) is 0 Å². The van der Waals surface area contributed by atoms with Gasteiger partial charge in [0.25, 0.3) is 0 Å². The summed E-state index contributed by atoms with van der Waals surface area (Å²) in [6.07, 6.45) is 3.11. The number of hydrogen-bond acceptors (Lipinski definition) is 8. The number of carbonyl (C=O) groups excluding carboxylic acids is 1. The molecule has 10 nitrogen and oxygen atoms in total. The molecule has 31 heavy (non-hydrogen) atoms. The monoisotopic (exact) mass is 441 g/mol. The van der Waals surface area contributed by atoms with Crippen LogP contribution in [0.2, 0.25) is 0 Å². The van der Waals surface area contributed by atoms with Crippen LogP contribution in [0.3, 0.4) is 0 Å². The quantitative estimate of drug-likeness (QED) is 0.371. The largest absolute Gasteiger partial charge is 0.369 e. The van der Waals surface area contributed by atoms with Gasteiger partial charge in [0.1, 0.15) is 23.8 Å². The van der Waals surface area contributed by atoms with Gasteiger partial charge in [-0.2, -0.15) is 0 Å². The van der Waals surface area contributed by atoms with Gasteiger partial charge in [-0.1, -0.05) is 0 Å². The predicted octanol–water partition coefficient (Wildman–Crippen LogP) is 2.27. The third-order valence-electron chi connectivity index (χ3n) is 4.05. The van der Waals surface area contributed by atoms with Gasteiger partial charge in [0, 0.05) is 38.0 Å². The molecular weight excluding hydrogens is 418 g/mol. The summed E-state index contributed by atoms with van der Waals surface area (Å²) in [5.74, 6) is 1.56. The maximum atomic E-state index is 12.4. The molecule has 0 spiro atoms. The Balaban J connectivity index is 1.51. The molecule has 2 aromatic heterocycles. The second-order valence-corrected chi connectivity index (χ2v) is 8.43. The Labute approximate surface area is 180 Å². The lowest BCUT2D eigenvalue weighted by atomic mass is 10.3. The zero-order chi connectivity index (χ0) is 22.3. The minimum atomic E-state index is -3.67. The van der Waals surface area contributed by atoms with Gasteiger partial charge in [-0.3, -0.25) is 4.79 Å². The molecule has 0 radical (unpaired) electrons.